The molecule has 0 unspecified atom stereocenters. The molecule has 1 heteroatoms. The van der Waals surface area contributed by atoms with E-state index < -0.39 is 0 Å². The second-order valence-electron chi connectivity index (χ2n) is 5.54. The zero-order valence-corrected chi connectivity index (χ0v) is 15.6. The third kappa shape index (κ3) is 4.15. The van der Waals surface area contributed by atoms with E-state index in [1.165, 1.54) is 14.7 Å². The average molecular weight is 420 g/mol. The van der Waals surface area contributed by atoms with Crippen LogP contribution in [0.1, 0.15) is 22.3 Å². The zero-order chi connectivity index (χ0) is 16.8. The van der Waals surface area contributed by atoms with Gasteiger partial charge in [-0.05, 0) is 52.8 Å². The van der Waals surface area contributed by atoms with Gasteiger partial charge in [-0.25, -0.2) is 0 Å². The summed E-state index contributed by atoms with van der Waals surface area (Å²) in [7, 11) is 0. The smallest absolute Gasteiger partial charge is 0.0461 e. The summed E-state index contributed by atoms with van der Waals surface area (Å²) in [5.41, 5.74) is 5.67. The van der Waals surface area contributed by atoms with Gasteiger partial charge in [-0.3, -0.25) is 0 Å². The third-order valence-corrected chi connectivity index (χ3v) is 4.85. The molecule has 0 aromatic heterocycles. The van der Waals surface area contributed by atoms with Gasteiger partial charge in [0.05, 0.1) is 0 Å². The first-order chi connectivity index (χ1) is 11.7. The highest BCUT2D eigenvalue weighted by molar-refractivity contribution is 14.1. The number of aryl methyl sites for hydroxylation is 1. The SMILES string of the molecule is Cc1ccc(C#C/C(=C(\I)c2ccccc2)c2ccccc2)cc1. The predicted molar refractivity (Wildman–Crippen MR) is 112 cm³/mol. The summed E-state index contributed by atoms with van der Waals surface area (Å²) in [6.07, 6.45) is 0. The molecule has 24 heavy (non-hydrogen) atoms. The van der Waals surface area contributed by atoms with Crippen LogP contribution in [0, 0.1) is 18.8 Å². The van der Waals surface area contributed by atoms with Crippen molar-refractivity contribution in [2.75, 3.05) is 0 Å². The summed E-state index contributed by atoms with van der Waals surface area (Å²) in [5, 5.41) is 0. The lowest BCUT2D eigenvalue weighted by Gasteiger charge is -2.06. The Balaban J connectivity index is 2.09. The molecular formula is C23H17I. The van der Waals surface area contributed by atoms with E-state index in [1.807, 2.05) is 12.1 Å². The largest absolute Gasteiger partial charge is 0.0622 e. The lowest BCUT2D eigenvalue weighted by atomic mass is 10.0. The van der Waals surface area contributed by atoms with Gasteiger partial charge >= 0.3 is 0 Å². The molecule has 0 saturated heterocycles. The van der Waals surface area contributed by atoms with Crippen LogP contribution in [-0.2, 0) is 0 Å². The molecule has 3 aromatic carbocycles. The number of benzene rings is 3. The summed E-state index contributed by atoms with van der Waals surface area (Å²) in [6.45, 7) is 2.09. The normalized spacial score (nSPS) is 11.2. The van der Waals surface area contributed by atoms with E-state index >= 15 is 0 Å². The predicted octanol–water partition coefficient (Wildman–Crippen LogP) is 6.35. The summed E-state index contributed by atoms with van der Waals surface area (Å²) in [4.78, 5) is 0. The second kappa shape index (κ2) is 7.99. The van der Waals surface area contributed by atoms with Crippen LogP contribution in [0.5, 0.6) is 0 Å². The van der Waals surface area contributed by atoms with Crippen molar-refractivity contribution in [3.05, 3.63) is 107 Å². The fourth-order valence-electron chi connectivity index (χ4n) is 2.36. The van der Waals surface area contributed by atoms with E-state index in [2.05, 4.69) is 114 Å². The molecule has 0 fully saturated rings. The van der Waals surface area contributed by atoms with E-state index in [9.17, 15) is 0 Å². The molecule has 3 rings (SSSR count). The van der Waals surface area contributed by atoms with Crippen LogP contribution >= 0.6 is 22.6 Å². The van der Waals surface area contributed by atoms with Crippen LogP contribution < -0.4 is 0 Å². The molecule has 0 heterocycles. The molecule has 0 aliphatic heterocycles. The van der Waals surface area contributed by atoms with Crippen LogP contribution in [0.3, 0.4) is 0 Å². The van der Waals surface area contributed by atoms with Crippen molar-refractivity contribution in [3.63, 3.8) is 0 Å². The van der Waals surface area contributed by atoms with Gasteiger partial charge in [0.2, 0.25) is 0 Å². The van der Waals surface area contributed by atoms with Crippen molar-refractivity contribution < 1.29 is 0 Å². The zero-order valence-electron chi connectivity index (χ0n) is 13.5. The molecule has 0 saturated carbocycles. The van der Waals surface area contributed by atoms with Crippen LogP contribution in [-0.4, -0.2) is 0 Å². The van der Waals surface area contributed by atoms with E-state index in [4.69, 9.17) is 0 Å². The lowest BCUT2D eigenvalue weighted by Crippen LogP contribution is -1.86. The van der Waals surface area contributed by atoms with E-state index in [-0.39, 0.29) is 0 Å². The molecule has 0 atom stereocenters. The van der Waals surface area contributed by atoms with Crippen LogP contribution in [0.25, 0.3) is 9.15 Å². The van der Waals surface area contributed by atoms with E-state index in [0.29, 0.717) is 0 Å². The standard InChI is InChI=1S/C23H17I/c1-18-12-14-19(15-13-18)16-17-22(20-8-4-2-5-9-20)23(24)21-10-6-3-7-11-21/h2-15H,1H3/b23-22+. The maximum atomic E-state index is 3.39. The highest BCUT2D eigenvalue weighted by Gasteiger charge is 2.06. The fourth-order valence-corrected chi connectivity index (χ4v) is 3.16. The van der Waals surface area contributed by atoms with Gasteiger partial charge in [-0.15, -0.1) is 0 Å². The molecule has 3 aromatic rings. The Hall–Kier alpha value is -2.31. The number of hydrogen-bond donors (Lipinski definition) is 0. The molecule has 0 aliphatic carbocycles. The fraction of sp³-hybridized carbons (Fsp3) is 0.0435. The number of halogens is 1. The molecule has 0 spiro atoms. The molecule has 0 radical (unpaired) electrons. The van der Waals surface area contributed by atoms with Crippen LogP contribution in [0.4, 0.5) is 0 Å². The minimum Gasteiger partial charge on any atom is -0.0622 e. The Morgan fingerprint density at radius 2 is 1.25 bits per heavy atom. The van der Waals surface area contributed by atoms with Crippen LogP contribution in [0.2, 0.25) is 0 Å². The van der Waals surface area contributed by atoms with E-state index in [1.54, 1.807) is 0 Å². The first-order valence-electron chi connectivity index (χ1n) is 7.83. The van der Waals surface area contributed by atoms with Crippen molar-refractivity contribution in [1.29, 1.82) is 0 Å². The van der Waals surface area contributed by atoms with Gasteiger partial charge < -0.3 is 0 Å². The number of rotatable bonds is 2. The van der Waals surface area contributed by atoms with Crippen LogP contribution in [0.15, 0.2) is 84.9 Å². The summed E-state index contributed by atoms with van der Waals surface area (Å²) < 4.78 is 1.17. The minimum atomic E-state index is 1.03. The molecule has 0 bridgehead atoms. The summed E-state index contributed by atoms with van der Waals surface area (Å²) in [6, 6.07) is 29.1. The topological polar surface area (TPSA) is 0 Å². The highest BCUT2D eigenvalue weighted by Crippen LogP contribution is 2.31. The summed E-state index contributed by atoms with van der Waals surface area (Å²) >= 11 is 2.40. The van der Waals surface area contributed by atoms with Gasteiger partial charge in [0.1, 0.15) is 0 Å². The first-order valence-corrected chi connectivity index (χ1v) is 8.91. The van der Waals surface area contributed by atoms with Gasteiger partial charge in [0.25, 0.3) is 0 Å². The second-order valence-corrected chi connectivity index (χ2v) is 6.62. The van der Waals surface area contributed by atoms with Crippen molar-refractivity contribution in [3.8, 4) is 11.8 Å². The molecular weight excluding hydrogens is 403 g/mol. The van der Waals surface area contributed by atoms with Crippen molar-refractivity contribution in [2.45, 2.75) is 6.92 Å². The number of hydrogen-bond acceptors (Lipinski definition) is 0. The third-order valence-electron chi connectivity index (χ3n) is 3.69. The molecule has 0 nitrogen and oxygen atoms in total. The number of allylic oxidation sites excluding steroid dienone is 1. The van der Waals surface area contributed by atoms with E-state index in [0.717, 1.165) is 16.7 Å². The molecule has 0 aliphatic rings. The highest BCUT2D eigenvalue weighted by atomic mass is 127. The molecule has 0 N–H and O–H groups in total. The monoisotopic (exact) mass is 420 g/mol. The van der Waals surface area contributed by atoms with Crippen molar-refractivity contribution >= 4 is 31.7 Å². The maximum absolute atomic E-state index is 3.39. The minimum absolute atomic E-state index is 1.03. The Morgan fingerprint density at radius 3 is 1.83 bits per heavy atom. The Bertz CT molecular complexity index is 893. The Kier molecular flexibility index (Phi) is 5.51. The Labute approximate surface area is 157 Å². The maximum Gasteiger partial charge on any atom is 0.0461 e. The quantitative estimate of drug-likeness (QED) is 0.258. The Morgan fingerprint density at radius 1 is 0.708 bits per heavy atom. The molecule has 0 amide bonds. The van der Waals surface area contributed by atoms with Gasteiger partial charge in [-0.2, -0.15) is 0 Å². The van der Waals surface area contributed by atoms with Crippen molar-refractivity contribution in [1.82, 2.24) is 0 Å². The lowest BCUT2D eigenvalue weighted by molar-refractivity contribution is 1.46. The van der Waals surface area contributed by atoms with Gasteiger partial charge in [0, 0.05) is 14.7 Å². The van der Waals surface area contributed by atoms with Crippen molar-refractivity contribution in [2.24, 2.45) is 0 Å². The summed E-state index contributed by atoms with van der Waals surface area (Å²) in [5.74, 6) is 6.70. The first kappa shape index (κ1) is 16.5. The van der Waals surface area contributed by atoms with Gasteiger partial charge in [0.15, 0.2) is 0 Å². The van der Waals surface area contributed by atoms with Gasteiger partial charge in [-0.1, -0.05) is 90.2 Å². The average Bonchev–Trinajstić information content (AvgIpc) is 2.65. The molecule has 116 valence electrons.